The molecule has 0 bridgehead atoms. The molecule has 0 spiro atoms. The van der Waals surface area contributed by atoms with Crippen LogP contribution in [-0.4, -0.2) is 47.9 Å². The van der Waals surface area contributed by atoms with Crippen molar-refractivity contribution in [2.24, 2.45) is 11.8 Å². The maximum atomic E-state index is 13.6. The highest BCUT2D eigenvalue weighted by molar-refractivity contribution is 7.99. The third-order valence-corrected chi connectivity index (χ3v) is 6.91. The minimum absolute atomic E-state index is 0.163. The van der Waals surface area contributed by atoms with Crippen molar-refractivity contribution in [2.45, 2.75) is 33.1 Å². The maximum Gasteiger partial charge on any atom is 0.336 e. The SMILES string of the molecule is CCSCCOC(=O)C1=C(C)NC2=C(C(=O)[C@@H](C(=O)OC)[C@@H](C)C2)[C@@H]1c1cccc([N+](=O)[O-])c1. The van der Waals surface area contributed by atoms with Crippen LogP contribution in [0.25, 0.3) is 0 Å². The van der Waals surface area contributed by atoms with E-state index in [0.717, 1.165) is 5.75 Å². The summed E-state index contributed by atoms with van der Waals surface area (Å²) in [5.41, 5.74) is 1.81. The second kappa shape index (κ2) is 10.9. The van der Waals surface area contributed by atoms with Crippen molar-refractivity contribution in [1.29, 1.82) is 0 Å². The van der Waals surface area contributed by atoms with Gasteiger partial charge >= 0.3 is 11.9 Å². The third kappa shape index (κ3) is 5.01. The van der Waals surface area contributed by atoms with E-state index in [9.17, 15) is 24.5 Å². The molecule has 0 fully saturated rings. The van der Waals surface area contributed by atoms with Crippen molar-refractivity contribution in [3.05, 3.63) is 62.5 Å². The van der Waals surface area contributed by atoms with Gasteiger partial charge in [0, 0.05) is 40.8 Å². The molecule has 3 rings (SSSR count). The summed E-state index contributed by atoms with van der Waals surface area (Å²) in [4.78, 5) is 50.2. The van der Waals surface area contributed by atoms with Crippen LogP contribution in [0.3, 0.4) is 0 Å². The molecular formula is C24H28N2O7S. The van der Waals surface area contributed by atoms with Crippen molar-refractivity contribution in [3.8, 4) is 0 Å². The number of nitro groups is 1. The fraction of sp³-hybridized carbons (Fsp3) is 0.458. The number of methoxy groups -OCH3 is 1. The van der Waals surface area contributed by atoms with E-state index < -0.39 is 34.5 Å². The van der Waals surface area contributed by atoms with Crippen molar-refractivity contribution >= 4 is 35.2 Å². The molecule has 1 aromatic carbocycles. The average Bonchev–Trinajstić information content (AvgIpc) is 2.80. The first-order chi connectivity index (χ1) is 16.2. The van der Waals surface area contributed by atoms with Gasteiger partial charge in [-0.2, -0.15) is 11.8 Å². The molecule has 1 aromatic rings. The fourth-order valence-electron chi connectivity index (χ4n) is 4.52. The molecule has 0 amide bonds. The van der Waals surface area contributed by atoms with Gasteiger partial charge in [-0.25, -0.2) is 4.79 Å². The molecule has 0 unspecified atom stereocenters. The topological polar surface area (TPSA) is 125 Å². The first-order valence-electron chi connectivity index (χ1n) is 11.0. The lowest BCUT2D eigenvalue weighted by molar-refractivity contribution is -0.384. The summed E-state index contributed by atoms with van der Waals surface area (Å²) in [5.74, 6) is -2.45. The zero-order chi connectivity index (χ0) is 25.0. The molecular weight excluding hydrogens is 460 g/mol. The van der Waals surface area contributed by atoms with Gasteiger partial charge in [0.1, 0.15) is 12.5 Å². The van der Waals surface area contributed by atoms with Crippen LogP contribution in [0.15, 0.2) is 46.8 Å². The molecule has 1 N–H and O–H groups in total. The van der Waals surface area contributed by atoms with E-state index in [0.29, 0.717) is 29.1 Å². The quantitative estimate of drug-likeness (QED) is 0.192. The Morgan fingerprint density at radius 1 is 1.32 bits per heavy atom. The Morgan fingerprint density at radius 3 is 2.71 bits per heavy atom. The molecule has 2 aliphatic rings. The molecule has 0 saturated heterocycles. The lowest BCUT2D eigenvalue weighted by Gasteiger charge is -2.38. The number of carbonyl (C=O) groups excluding carboxylic acids is 3. The second-order valence-electron chi connectivity index (χ2n) is 8.22. The molecule has 0 saturated carbocycles. The van der Waals surface area contributed by atoms with E-state index >= 15 is 0 Å². The number of dihydropyridines is 1. The monoisotopic (exact) mass is 488 g/mol. The minimum Gasteiger partial charge on any atom is -0.468 e. The molecule has 10 heteroatoms. The standard InChI is InChI=1S/C24H28N2O7S/c1-5-34-10-9-33-24(29)19-14(3)25-17-11-13(2)18(23(28)32-4)22(27)21(17)20(19)15-7-6-8-16(12-15)26(30)31/h6-8,12-13,18,20,25H,5,9-11H2,1-4H3/t13-,18-,20+/m0/s1. The van der Waals surface area contributed by atoms with E-state index in [4.69, 9.17) is 9.47 Å². The molecule has 1 aliphatic carbocycles. The van der Waals surface area contributed by atoms with Crippen LogP contribution in [0.5, 0.6) is 0 Å². The van der Waals surface area contributed by atoms with Crippen LogP contribution in [0, 0.1) is 22.0 Å². The number of non-ortho nitro benzene ring substituents is 1. The van der Waals surface area contributed by atoms with Gasteiger partial charge in [-0.3, -0.25) is 19.7 Å². The highest BCUT2D eigenvalue weighted by Crippen LogP contribution is 2.45. The number of carbonyl (C=O) groups is 3. The number of esters is 2. The van der Waals surface area contributed by atoms with Gasteiger partial charge < -0.3 is 14.8 Å². The molecule has 1 heterocycles. The molecule has 34 heavy (non-hydrogen) atoms. The fourth-order valence-corrected chi connectivity index (χ4v) is 5.01. The highest BCUT2D eigenvalue weighted by atomic mass is 32.2. The smallest absolute Gasteiger partial charge is 0.336 e. The first kappa shape index (κ1) is 25.5. The molecule has 0 aromatic heterocycles. The molecule has 3 atom stereocenters. The summed E-state index contributed by atoms with van der Waals surface area (Å²) in [7, 11) is 1.23. The van der Waals surface area contributed by atoms with Gasteiger partial charge in [-0.1, -0.05) is 26.0 Å². The largest absolute Gasteiger partial charge is 0.468 e. The number of allylic oxidation sites excluding steroid dienone is 3. The minimum atomic E-state index is -1.02. The summed E-state index contributed by atoms with van der Waals surface area (Å²) in [6.45, 7) is 5.70. The van der Waals surface area contributed by atoms with Crippen LogP contribution in [0.1, 0.15) is 38.7 Å². The number of ether oxygens (including phenoxy) is 2. The Morgan fingerprint density at radius 2 is 2.06 bits per heavy atom. The van der Waals surface area contributed by atoms with E-state index in [2.05, 4.69) is 5.32 Å². The molecule has 9 nitrogen and oxygen atoms in total. The zero-order valence-electron chi connectivity index (χ0n) is 19.6. The van der Waals surface area contributed by atoms with Gasteiger partial charge in [0.2, 0.25) is 0 Å². The number of Topliss-reactive ketones (excluding diaryl/α,β-unsaturated/α-hetero) is 1. The van der Waals surface area contributed by atoms with Crippen molar-refractivity contribution in [1.82, 2.24) is 5.32 Å². The van der Waals surface area contributed by atoms with Crippen LogP contribution in [-0.2, 0) is 23.9 Å². The number of hydrogen-bond acceptors (Lipinski definition) is 9. The molecule has 182 valence electrons. The maximum absolute atomic E-state index is 13.6. The number of rotatable bonds is 8. The van der Waals surface area contributed by atoms with Crippen LogP contribution in [0.2, 0.25) is 0 Å². The van der Waals surface area contributed by atoms with Crippen LogP contribution in [0.4, 0.5) is 5.69 Å². The number of nitrogens with zero attached hydrogens (tertiary/aromatic N) is 1. The van der Waals surface area contributed by atoms with Gasteiger partial charge in [0.25, 0.3) is 5.69 Å². The number of nitrogens with one attached hydrogen (secondary N) is 1. The van der Waals surface area contributed by atoms with E-state index in [-0.39, 0.29) is 29.4 Å². The van der Waals surface area contributed by atoms with Gasteiger partial charge in [-0.05, 0) is 30.6 Å². The summed E-state index contributed by atoms with van der Waals surface area (Å²) in [6.07, 6.45) is 0.388. The van der Waals surface area contributed by atoms with Crippen LogP contribution >= 0.6 is 11.8 Å². The molecule has 0 radical (unpaired) electrons. The molecule has 1 aliphatic heterocycles. The lowest BCUT2D eigenvalue weighted by Crippen LogP contribution is -2.43. The number of ketones is 1. The summed E-state index contributed by atoms with van der Waals surface area (Å²) < 4.78 is 10.4. The third-order valence-electron chi connectivity index (χ3n) is 6.04. The second-order valence-corrected chi connectivity index (χ2v) is 9.61. The van der Waals surface area contributed by atoms with Crippen LogP contribution < -0.4 is 5.32 Å². The van der Waals surface area contributed by atoms with Gasteiger partial charge in [-0.15, -0.1) is 0 Å². The Balaban J connectivity index is 2.12. The van der Waals surface area contributed by atoms with Crippen molar-refractivity contribution < 1.29 is 28.8 Å². The van der Waals surface area contributed by atoms with Crippen molar-refractivity contribution in [3.63, 3.8) is 0 Å². The predicted molar refractivity (Wildman–Crippen MR) is 127 cm³/mol. The predicted octanol–water partition coefficient (Wildman–Crippen LogP) is 3.50. The van der Waals surface area contributed by atoms with Gasteiger partial charge in [0.05, 0.1) is 17.6 Å². The van der Waals surface area contributed by atoms with Crippen molar-refractivity contribution in [2.75, 3.05) is 25.2 Å². The van der Waals surface area contributed by atoms with E-state index in [1.54, 1.807) is 31.7 Å². The number of hydrogen-bond donors (Lipinski definition) is 1. The number of thioether (sulfide) groups is 1. The normalized spacial score (nSPS) is 22.1. The number of benzene rings is 1. The Hall–Kier alpha value is -3.14. The summed E-state index contributed by atoms with van der Waals surface area (Å²) in [6, 6.07) is 5.85. The lowest BCUT2D eigenvalue weighted by atomic mass is 9.69. The Bertz CT molecular complexity index is 1080. The highest BCUT2D eigenvalue weighted by Gasteiger charge is 2.47. The first-order valence-corrected chi connectivity index (χ1v) is 12.2. The Labute approximate surface area is 202 Å². The Kier molecular flexibility index (Phi) is 8.14. The average molecular weight is 489 g/mol. The summed E-state index contributed by atoms with van der Waals surface area (Å²) >= 11 is 1.63. The van der Waals surface area contributed by atoms with E-state index in [1.807, 2.05) is 6.92 Å². The van der Waals surface area contributed by atoms with E-state index in [1.165, 1.54) is 25.3 Å². The number of nitro benzene ring substituents is 1. The summed E-state index contributed by atoms with van der Waals surface area (Å²) in [5, 5.41) is 14.6. The zero-order valence-corrected chi connectivity index (χ0v) is 20.4. The van der Waals surface area contributed by atoms with Gasteiger partial charge in [0.15, 0.2) is 5.78 Å².